The molecule has 0 spiro atoms. The van der Waals surface area contributed by atoms with Gasteiger partial charge in [0.15, 0.2) is 0 Å². The number of fused-ring (bicyclic) bond motifs is 1. The summed E-state index contributed by atoms with van der Waals surface area (Å²) in [6.07, 6.45) is 1.68. The number of nitrogens with one attached hydrogen (secondary N) is 2. The fourth-order valence-electron chi connectivity index (χ4n) is 3.56. The van der Waals surface area contributed by atoms with E-state index >= 15 is 0 Å². The molecule has 0 heterocycles. The summed E-state index contributed by atoms with van der Waals surface area (Å²) in [7, 11) is 3.09. The third-order valence-electron chi connectivity index (χ3n) is 5.32. The van der Waals surface area contributed by atoms with Crippen LogP contribution in [0.1, 0.15) is 15.9 Å². The van der Waals surface area contributed by atoms with E-state index in [2.05, 4.69) is 10.6 Å². The smallest absolute Gasteiger partial charge is 0.272 e. The average Bonchev–Trinajstić information content (AvgIpc) is 2.88. The topological polar surface area (TPSA) is 76.7 Å². The molecule has 0 unspecified atom stereocenters. The highest BCUT2D eigenvalue weighted by molar-refractivity contribution is 6.12. The molecule has 34 heavy (non-hydrogen) atoms. The second kappa shape index (κ2) is 10.4. The fourth-order valence-corrected chi connectivity index (χ4v) is 3.56. The fraction of sp³-hybridized carbons (Fsp3) is 0.0714. The molecule has 4 aromatic rings. The maximum atomic E-state index is 13.3. The van der Waals surface area contributed by atoms with Gasteiger partial charge in [-0.05, 0) is 58.8 Å². The Morgan fingerprint density at radius 1 is 0.765 bits per heavy atom. The summed E-state index contributed by atoms with van der Waals surface area (Å²) < 4.78 is 10.5. The number of hydrogen-bond donors (Lipinski definition) is 2. The first-order chi connectivity index (χ1) is 16.6. The number of para-hydroxylation sites is 2. The lowest BCUT2D eigenvalue weighted by Gasteiger charge is -2.14. The monoisotopic (exact) mass is 452 g/mol. The Kier molecular flexibility index (Phi) is 6.89. The molecule has 0 saturated heterocycles. The molecule has 6 heteroatoms. The lowest BCUT2D eigenvalue weighted by atomic mass is 10.0. The predicted octanol–water partition coefficient (Wildman–Crippen LogP) is 5.27. The van der Waals surface area contributed by atoms with E-state index in [9.17, 15) is 9.59 Å². The molecule has 0 aliphatic heterocycles. The number of amides is 2. The standard InChI is InChI=1S/C28H24N2O4/c1-33-22-16-14-20(15-17-22)27(31)30-25(28(32)29-24-12-5-6-13-26(24)34-2)18-21-10-7-9-19-8-3-4-11-23(19)21/h3-18H,1-2H3,(H,29,32)(H,30,31)/b25-18-. The first-order valence-electron chi connectivity index (χ1n) is 10.7. The Labute approximate surface area is 197 Å². The van der Waals surface area contributed by atoms with Crippen LogP contribution in [0.5, 0.6) is 11.5 Å². The minimum atomic E-state index is -0.473. The van der Waals surface area contributed by atoms with Crippen molar-refractivity contribution >= 4 is 34.4 Å². The van der Waals surface area contributed by atoms with Crippen LogP contribution in [-0.2, 0) is 4.79 Å². The van der Waals surface area contributed by atoms with Crippen LogP contribution in [0, 0.1) is 0 Å². The van der Waals surface area contributed by atoms with Gasteiger partial charge < -0.3 is 20.1 Å². The molecule has 0 radical (unpaired) electrons. The zero-order chi connectivity index (χ0) is 23.9. The number of methoxy groups -OCH3 is 2. The van der Waals surface area contributed by atoms with Gasteiger partial charge in [0.05, 0.1) is 19.9 Å². The second-order valence-corrected chi connectivity index (χ2v) is 7.46. The number of rotatable bonds is 7. The lowest BCUT2D eigenvalue weighted by Crippen LogP contribution is -2.30. The van der Waals surface area contributed by atoms with Gasteiger partial charge >= 0.3 is 0 Å². The summed E-state index contributed by atoms with van der Waals surface area (Å²) in [5.74, 6) is 0.266. The molecule has 170 valence electrons. The number of carbonyl (C=O) groups excluding carboxylic acids is 2. The highest BCUT2D eigenvalue weighted by Gasteiger charge is 2.17. The van der Waals surface area contributed by atoms with Gasteiger partial charge in [0, 0.05) is 5.56 Å². The molecule has 0 aromatic heterocycles. The van der Waals surface area contributed by atoms with E-state index in [1.807, 2.05) is 48.5 Å². The largest absolute Gasteiger partial charge is 0.497 e. The molecule has 0 atom stereocenters. The van der Waals surface area contributed by atoms with Crippen molar-refractivity contribution in [1.29, 1.82) is 0 Å². The second-order valence-electron chi connectivity index (χ2n) is 7.46. The molecular weight excluding hydrogens is 428 g/mol. The molecule has 0 saturated carbocycles. The predicted molar refractivity (Wildman–Crippen MR) is 134 cm³/mol. The van der Waals surface area contributed by atoms with Gasteiger partial charge in [0.25, 0.3) is 11.8 Å². The van der Waals surface area contributed by atoms with Crippen LogP contribution in [0.2, 0.25) is 0 Å². The van der Waals surface area contributed by atoms with Gasteiger partial charge in [-0.2, -0.15) is 0 Å². The maximum absolute atomic E-state index is 13.3. The highest BCUT2D eigenvalue weighted by atomic mass is 16.5. The van der Waals surface area contributed by atoms with Crippen molar-refractivity contribution in [3.8, 4) is 11.5 Å². The summed E-state index contributed by atoms with van der Waals surface area (Å²) in [4.78, 5) is 26.3. The Balaban J connectivity index is 1.71. The summed E-state index contributed by atoms with van der Waals surface area (Å²) in [6.45, 7) is 0. The van der Waals surface area contributed by atoms with Crippen molar-refractivity contribution < 1.29 is 19.1 Å². The van der Waals surface area contributed by atoms with Crippen molar-refractivity contribution in [3.05, 3.63) is 108 Å². The molecule has 0 fully saturated rings. The third kappa shape index (κ3) is 5.07. The SMILES string of the molecule is COc1ccc(C(=O)N/C(=C\c2cccc3ccccc23)C(=O)Nc2ccccc2OC)cc1. The van der Waals surface area contributed by atoms with E-state index in [0.29, 0.717) is 22.7 Å². The Morgan fingerprint density at radius 2 is 1.47 bits per heavy atom. The van der Waals surface area contributed by atoms with Crippen LogP contribution in [-0.4, -0.2) is 26.0 Å². The Hall–Kier alpha value is -4.58. The number of carbonyl (C=O) groups is 2. The summed E-state index contributed by atoms with van der Waals surface area (Å²) >= 11 is 0. The van der Waals surface area contributed by atoms with Crippen LogP contribution in [0.3, 0.4) is 0 Å². The molecule has 2 N–H and O–H groups in total. The molecule has 4 aromatic carbocycles. The zero-order valence-electron chi connectivity index (χ0n) is 18.9. The van der Waals surface area contributed by atoms with Gasteiger partial charge in [-0.1, -0.05) is 54.6 Å². The number of hydrogen-bond acceptors (Lipinski definition) is 4. The van der Waals surface area contributed by atoms with Crippen LogP contribution in [0.4, 0.5) is 5.69 Å². The minimum Gasteiger partial charge on any atom is -0.497 e. The van der Waals surface area contributed by atoms with Gasteiger partial charge in [-0.3, -0.25) is 9.59 Å². The van der Waals surface area contributed by atoms with E-state index in [-0.39, 0.29) is 5.70 Å². The first kappa shape index (κ1) is 22.6. The van der Waals surface area contributed by atoms with E-state index in [0.717, 1.165) is 16.3 Å². The average molecular weight is 453 g/mol. The van der Waals surface area contributed by atoms with Crippen molar-refractivity contribution in [2.24, 2.45) is 0 Å². The molecule has 0 aliphatic rings. The maximum Gasteiger partial charge on any atom is 0.272 e. The number of anilines is 1. The molecule has 4 rings (SSSR count). The van der Waals surface area contributed by atoms with E-state index in [1.54, 1.807) is 55.7 Å². The van der Waals surface area contributed by atoms with Crippen molar-refractivity contribution in [2.45, 2.75) is 0 Å². The number of ether oxygens (including phenoxy) is 2. The van der Waals surface area contributed by atoms with Crippen molar-refractivity contribution in [1.82, 2.24) is 5.32 Å². The van der Waals surface area contributed by atoms with Gasteiger partial charge in [0.1, 0.15) is 17.2 Å². The van der Waals surface area contributed by atoms with Gasteiger partial charge in [0.2, 0.25) is 0 Å². The quantitative estimate of drug-likeness (QED) is 0.375. The van der Waals surface area contributed by atoms with E-state index < -0.39 is 11.8 Å². The van der Waals surface area contributed by atoms with E-state index in [4.69, 9.17) is 9.47 Å². The van der Waals surface area contributed by atoms with Crippen LogP contribution in [0.25, 0.3) is 16.8 Å². The van der Waals surface area contributed by atoms with Crippen LogP contribution in [0.15, 0.2) is 96.7 Å². The zero-order valence-corrected chi connectivity index (χ0v) is 18.9. The van der Waals surface area contributed by atoms with Crippen LogP contribution >= 0.6 is 0 Å². The summed E-state index contributed by atoms with van der Waals surface area (Å²) in [6, 6.07) is 27.4. The molecule has 6 nitrogen and oxygen atoms in total. The van der Waals surface area contributed by atoms with Crippen LogP contribution < -0.4 is 20.1 Å². The Morgan fingerprint density at radius 3 is 2.24 bits per heavy atom. The molecule has 0 bridgehead atoms. The summed E-state index contributed by atoms with van der Waals surface area (Å²) in [5, 5.41) is 7.60. The first-order valence-corrected chi connectivity index (χ1v) is 10.7. The summed E-state index contributed by atoms with van der Waals surface area (Å²) in [5.41, 5.74) is 1.80. The van der Waals surface area contributed by atoms with Crippen molar-refractivity contribution in [2.75, 3.05) is 19.5 Å². The minimum absolute atomic E-state index is 0.100. The van der Waals surface area contributed by atoms with E-state index in [1.165, 1.54) is 7.11 Å². The third-order valence-corrected chi connectivity index (χ3v) is 5.32. The van der Waals surface area contributed by atoms with Gasteiger partial charge in [-0.25, -0.2) is 0 Å². The molecule has 2 amide bonds. The molecular formula is C28H24N2O4. The normalized spacial score (nSPS) is 11.1. The van der Waals surface area contributed by atoms with Gasteiger partial charge in [-0.15, -0.1) is 0 Å². The van der Waals surface area contributed by atoms with Crippen molar-refractivity contribution in [3.63, 3.8) is 0 Å². The Bertz CT molecular complexity index is 1360. The lowest BCUT2D eigenvalue weighted by molar-refractivity contribution is -0.113. The molecule has 0 aliphatic carbocycles. The highest BCUT2D eigenvalue weighted by Crippen LogP contribution is 2.25. The number of benzene rings is 4.